The van der Waals surface area contributed by atoms with E-state index in [9.17, 15) is 0 Å². The monoisotopic (exact) mass is 314 g/mol. The zero-order chi connectivity index (χ0) is 15.6. The van der Waals surface area contributed by atoms with Crippen LogP contribution in [0.2, 0.25) is 0 Å². The van der Waals surface area contributed by atoms with E-state index in [0.717, 1.165) is 49.3 Å². The molecule has 2 aliphatic heterocycles. The second-order valence-electron chi connectivity index (χ2n) is 6.44. The molecule has 2 fully saturated rings. The molecule has 23 heavy (non-hydrogen) atoms. The van der Waals surface area contributed by atoms with E-state index in [2.05, 4.69) is 20.4 Å². The maximum atomic E-state index is 5.44. The number of nitrogens with one attached hydrogen (secondary N) is 1. The van der Waals surface area contributed by atoms with Crippen LogP contribution in [0.1, 0.15) is 12.3 Å². The van der Waals surface area contributed by atoms with Crippen LogP contribution in [-0.4, -0.2) is 48.3 Å². The molecule has 2 saturated heterocycles. The summed E-state index contributed by atoms with van der Waals surface area (Å²) < 4.78 is 10.6. The molecule has 2 aliphatic rings. The number of hydrogen-bond donors (Lipinski definition) is 1. The van der Waals surface area contributed by atoms with Crippen LogP contribution < -0.4 is 10.1 Å². The van der Waals surface area contributed by atoms with Crippen LogP contribution in [0.25, 0.3) is 11.4 Å². The molecule has 0 spiro atoms. The fourth-order valence-electron chi connectivity index (χ4n) is 3.62. The Kier molecular flexibility index (Phi) is 4.01. The van der Waals surface area contributed by atoms with Crippen LogP contribution in [-0.2, 0) is 6.54 Å². The van der Waals surface area contributed by atoms with E-state index < -0.39 is 0 Å². The van der Waals surface area contributed by atoms with Gasteiger partial charge in [-0.2, -0.15) is 4.98 Å². The maximum Gasteiger partial charge on any atom is 0.241 e. The number of piperidine rings is 1. The van der Waals surface area contributed by atoms with Gasteiger partial charge in [-0.3, -0.25) is 4.90 Å². The third-order valence-corrected chi connectivity index (χ3v) is 4.96. The van der Waals surface area contributed by atoms with E-state index in [4.69, 9.17) is 9.26 Å². The van der Waals surface area contributed by atoms with Crippen molar-refractivity contribution in [1.82, 2.24) is 20.4 Å². The van der Waals surface area contributed by atoms with E-state index in [-0.39, 0.29) is 0 Å². The zero-order valence-electron chi connectivity index (χ0n) is 13.4. The Balaban J connectivity index is 1.41. The first-order chi connectivity index (χ1) is 11.3. The van der Waals surface area contributed by atoms with Gasteiger partial charge >= 0.3 is 0 Å². The summed E-state index contributed by atoms with van der Waals surface area (Å²) in [5.41, 5.74) is 0.944. The van der Waals surface area contributed by atoms with E-state index in [1.807, 2.05) is 24.3 Å². The number of nitrogens with zero attached hydrogens (tertiary/aromatic N) is 3. The molecule has 0 saturated carbocycles. The lowest BCUT2D eigenvalue weighted by atomic mass is 9.89. The van der Waals surface area contributed by atoms with Crippen molar-refractivity contribution < 1.29 is 9.26 Å². The average Bonchev–Trinajstić information content (AvgIpc) is 3.24. The average molecular weight is 314 g/mol. The quantitative estimate of drug-likeness (QED) is 0.928. The highest BCUT2D eigenvalue weighted by Crippen LogP contribution is 2.27. The van der Waals surface area contributed by atoms with Crippen molar-refractivity contribution in [1.29, 1.82) is 0 Å². The molecule has 0 aliphatic carbocycles. The van der Waals surface area contributed by atoms with Gasteiger partial charge in [0.15, 0.2) is 0 Å². The standard InChI is InChI=1S/C17H22N4O2/c1-22-15-4-2-12(3-5-15)17-19-16(23-20-17)11-21-7-6-13-8-18-9-14(13)10-21/h2-5,13-14,18H,6-11H2,1H3. The summed E-state index contributed by atoms with van der Waals surface area (Å²) in [4.78, 5) is 6.97. The maximum absolute atomic E-state index is 5.44. The molecule has 0 amide bonds. The minimum Gasteiger partial charge on any atom is -0.497 e. The molecule has 122 valence electrons. The molecule has 1 aromatic heterocycles. The Morgan fingerprint density at radius 1 is 1.26 bits per heavy atom. The van der Waals surface area contributed by atoms with Gasteiger partial charge in [-0.25, -0.2) is 0 Å². The first kappa shape index (κ1) is 14.7. The number of aromatic nitrogens is 2. The van der Waals surface area contributed by atoms with Crippen molar-refractivity contribution in [3.05, 3.63) is 30.2 Å². The van der Waals surface area contributed by atoms with Gasteiger partial charge in [0, 0.05) is 12.1 Å². The molecule has 1 N–H and O–H groups in total. The number of fused-ring (bicyclic) bond motifs is 1. The van der Waals surface area contributed by atoms with Crippen molar-refractivity contribution in [3.8, 4) is 17.1 Å². The number of methoxy groups -OCH3 is 1. The molecule has 3 heterocycles. The molecule has 4 rings (SSSR count). The van der Waals surface area contributed by atoms with E-state index >= 15 is 0 Å². The Labute approximate surface area is 135 Å². The Morgan fingerprint density at radius 3 is 2.91 bits per heavy atom. The molecule has 0 bridgehead atoms. The molecule has 0 radical (unpaired) electrons. The lowest BCUT2D eigenvalue weighted by Crippen LogP contribution is -2.39. The smallest absolute Gasteiger partial charge is 0.241 e. The first-order valence-corrected chi connectivity index (χ1v) is 8.22. The molecule has 1 aromatic carbocycles. The second kappa shape index (κ2) is 6.29. The third kappa shape index (κ3) is 3.09. The summed E-state index contributed by atoms with van der Waals surface area (Å²) in [6, 6.07) is 7.71. The summed E-state index contributed by atoms with van der Waals surface area (Å²) in [5.74, 6) is 3.78. The molecular formula is C17H22N4O2. The molecule has 2 aromatic rings. The van der Waals surface area contributed by atoms with E-state index in [1.54, 1.807) is 7.11 Å². The predicted molar refractivity (Wildman–Crippen MR) is 86.0 cm³/mol. The minimum atomic E-state index is 0.639. The number of likely N-dealkylation sites (tertiary alicyclic amines) is 1. The Morgan fingerprint density at radius 2 is 2.09 bits per heavy atom. The van der Waals surface area contributed by atoms with E-state index in [1.165, 1.54) is 13.0 Å². The molecule has 2 atom stereocenters. The highest BCUT2D eigenvalue weighted by atomic mass is 16.5. The largest absolute Gasteiger partial charge is 0.497 e. The SMILES string of the molecule is COc1ccc(-c2noc(CN3CCC4CNCC4C3)n2)cc1. The van der Waals surface area contributed by atoms with Crippen molar-refractivity contribution >= 4 is 0 Å². The normalized spacial score (nSPS) is 24.6. The molecule has 6 nitrogen and oxygen atoms in total. The summed E-state index contributed by atoms with van der Waals surface area (Å²) in [5, 5.41) is 7.60. The van der Waals surface area contributed by atoms with E-state index in [0.29, 0.717) is 11.7 Å². The highest BCUT2D eigenvalue weighted by molar-refractivity contribution is 5.55. The van der Waals surface area contributed by atoms with Crippen molar-refractivity contribution in [2.24, 2.45) is 11.8 Å². The van der Waals surface area contributed by atoms with Gasteiger partial charge in [0.2, 0.25) is 11.7 Å². The lowest BCUT2D eigenvalue weighted by molar-refractivity contribution is 0.128. The summed E-state index contributed by atoms with van der Waals surface area (Å²) in [7, 11) is 1.66. The van der Waals surface area contributed by atoms with Crippen molar-refractivity contribution in [3.63, 3.8) is 0 Å². The first-order valence-electron chi connectivity index (χ1n) is 8.22. The number of benzene rings is 1. The number of rotatable bonds is 4. The van der Waals surface area contributed by atoms with Gasteiger partial charge in [-0.05, 0) is 62.2 Å². The Hall–Kier alpha value is -1.92. The van der Waals surface area contributed by atoms with Crippen molar-refractivity contribution in [2.75, 3.05) is 33.3 Å². The number of hydrogen-bond acceptors (Lipinski definition) is 6. The summed E-state index contributed by atoms with van der Waals surface area (Å²) in [6.07, 6.45) is 1.26. The summed E-state index contributed by atoms with van der Waals surface area (Å²) in [6.45, 7) is 5.30. The van der Waals surface area contributed by atoms with Crippen LogP contribution in [0.15, 0.2) is 28.8 Å². The highest BCUT2D eigenvalue weighted by Gasteiger charge is 2.33. The predicted octanol–water partition coefficient (Wildman–Crippen LogP) is 1.79. The zero-order valence-corrected chi connectivity index (χ0v) is 13.4. The van der Waals surface area contributed by atoms with Crippen molar-refractivity contribution in [2.45, 2.75) is 13.0 Å². The van der Waals surface area contributed by atoms with Crippen LogP contribution >= 0.6 is 0 Å². The molecule has 2 unspecified atom stereocenters. The Bertz CT molecular complexity index is 655. The van der Waals surface area contributed by atoms with Crippen LogP contribution in [0.5, 0.6) is 5.75 Å². The van der Waals surface area contributed by atoms with Crippen LogP contribution in [0.4, 0.5) is 0 Å². The fourth-order valence-corrected chi connectivity index (χ4v) is 3.62. The van der Waals surface area contributed by atoms with Gasteiger partial charge in [0.25, 0.3) is 0 Å². The van der Waals surface area contributed by atoms with Gasteiger partial charge in [0.1, 0.15) is 5.75 Å². The summed E-state index contributed by atoms with van der Waals surface area (Å²) >= 11 is 0. The van der Waals surface area contributed by atoms with Gasteiger partial charge in [-0.1, -0.05) is 5.16 Å². The fraction of sp³-hybridized carbons (Fsp3) is 0.529. The van der Waals surface area contributed by atoms with Gasteiger partial charge < -0.3 is 14.6 Å². The topological polar surface area (TPSA) is 63.4 Å². The molecule has 6 heteroatoms. The van der Waals surface area contributed by atoms with Gasteiger partial charge in [-0.15, -0.1) is 0 Å². The van der Waals surface area contributed by atoms with Gasteiger partial charge in [0.05, 0.1) is 13.7 Å². The third-order valence-electron chi connectivity index (χ3n) is 4.96. The number of ether oxygens (including phenoxy) is 1. The molecular weight excluding hydrogens is 292 g/mol. The minimum absolute atomic E-state index is 0.639. The van der Waals surface area contributed by atoms with Crippen LogP contribution in [0, 0.1) is 11.8 Å². The second-order valence-corrected chi connectivity index (χ2v) is 6.44. The lowest BCUT2D eigenvalue weighted by Gasteiger charge is -2.33. The van der Waals surface area contributed by atoms with Crippen LogP contribution in [0.3, 0.4) is 0 Å².